The molecule has 0 atom stereocenters. The van der Waals surface area contributed by atoms with Crippen molar-refractivity contribution < 1.29 is 16.4 Å². The van der Waals surface area contributed by atoms with Gasteiger partial charge in [0, 0.05) is 12.4 Å². The van der Waals surface area contributed by atoms with E-state index in [0.717, 1.165) is 0 Å². The third-order valence-electron chi connectivity index (χ3n) is 0.519. The zero-order chi connectivity index (χ0) is 4.41. The fourth-order valence-corrected chi connectivity index (χ4v) is 0.277. The van der Waals surface area contributed by atoms with E-state index < -0.39 is 0 Å². The number of nitrogens with two attached hydrogens (primary N) is 1. The number of anilines is 1. The van der Waals surface area contributed by atoms with Crippen molar-refractivity contribution >= 4 is 43.2 Å². The lowest BCUT2D eigenvalue weighted by atomic mass is 11.0. The van der Waals surface area contributed by atoms with Crippen molar-refractivity contribution in [3.63, 3.8) is 0 Å². The van der Waals surface area contributed by atoms with Crippen LogP contribution in [0.4, 0.5) is 5.95 Å². The second kappa shape index (κ2) is 22.4. The lowest BCUT2D eigenvalue weighted by molar-refractivity contribution is 0.823. The molecule has 0 bridgehead atoms. The van der Waals surface area contributed by atoms with E-state index in [-0.39, 0.29) is 53.6 Å². The fraction of sp³-hybridized carbons (Fsp3) is 0. The van der Waals surface area contributed by atoms with Crippen LogP contribution in [0, 0.1) is 0 Å². The molecule has 0 radical (unpaired) electrons. The van der Waals surface area contributed by atoms with E-state index in [9.17, 15) is 0 Å². The summed E-state index contributed by atoms with van der Waals surface area (Å²) in [4.78, 5) is 6.31. The van der Waals surface area contributed by atoms with Crippen LogP contribution in [0.1, 0.15) is 0 Å². The number of nitrogens with zero attached hydrogens (tertiary/aromatic N) is 1. The summed E-state index contributed by atoms with van der Waals surface area (Å²) in [6, 6.07) is 0. The Kier molecular flexibility index (Phi) is 76.7. The number of aromatic amines is 1. The molecular formula is C3H14Cl3N3O3. The smallest absolute Gasteiger partial charge is 0.197 e. The molecule has 0 amide bonds. The van der Waals surface area contributed by atoms with Crippen LogP contribution in [0.3, 0.4) is 0 Å². The topological polar surface area (TPSA) is 149 Å². The number of hydrogen-bond acceptors (Lipinski definition) is 2. The van der Waals surface area contributed by atoms with Crippen molar-refractivity contribution in [2.45, 2.75) is 0 Å². The first kappa shape index (κ1) is 41.0. The molecule has 0 aliphatic carbocycles. The van der Waals surface area contributed by atoms with Gasteiger partial charge in [0.2, 0.25) is 0 Å². The highest BCUT2D eigenvalue weighted by molar-refractivity contribution is 5.86. The normalized spacial score (nSPS) is 4.33. The summed E-state index contributed by atoms with van der Waals surface area (Å²) in [6.07, 6.45) is 3.28. The van der Waals surface area contributed by atoms with Gasteiger partial charge in [-0.25, -0.2) is 4.98 Å². The molecule has 9 N–H and O–H groups in total. The lowest BCUT2D eigenvalue weighted by Gasteiger charge is -1.70. The largest absolute Gasteiger partial charge is 0.412 e. The maximum absolute atomic E-state index is 5.11. The second-order valence-electron chi connectivity index (χ2n) is 0.974. The Hall–Kier alpha value is -0.240. The number of aromatic nitrogens is 2. The van der Waals surface area contributed by atoms with Crippen LogP contribution in [0.2, 0.25) is 0 Å². The molecule has 1 aromatic heterocycles. The molecule has 0 aliphatic rings. The summed E-state index contributed by atoms with van der Waals surface area (Å²) in [7, 11) is 0. The van der Waals surface area contributed by atoms with Crippen LogP contribution >= 0.6 is 37.2 Å². The van der Waals surface area contributed by atoms with Crippen LogP contribution in [0.5, 0.6) is 0 Å². The molecule has 0 saturated heterocycles. The van der Waals surface area contributed by atoms with Crippen molar-refractivity contribution in [3.8, 4) is 0 Å². The van der Waals surface area contributed by atoms with Crippen LogP contribution in [-0.4, -0.2) is 26.4 Å². The first-order valence-corrected chi connectivity index (χ1v) is 1.64. The Morgan fingerprint density at radius 3 is 1.58 bits per heavy atom. The molecule has 0 unspecified atom stereocenters. The van der Waals surface area contributed by atoms with Gasteiger partial charge < -0.3 is 27.1 Å². The molecule has 0 aromatic carbocycles. The lowest BCUT2D eigenvalue weighted by Crippen LogP contribution is -1.83. The number of hydrogen-bond donors (Lipinski definition) is 2. The molecule has 1 rings (SSSR count). The van der Waals surface area contributed by atoms with Gasteiger partial charge in [-0.3, -0.25) is 0 Å². The maximum Gasteiger partial charge on any atom is 0.197 e. The molecule has 0 fully saturated rings. The van der Waals surface area contributed by atoms with Crippen LogP contribution in [0.15, 0.2) is 12.4 Å². The van der Waals surface area contributed by atoms with E-state index >= 15 is 0 Å². The maximum atomic E-state index is 5.11. The van der Waals surface area contributed by atoms with Crippen molar-refractivity contribution in [1.29, 1.82) is 0 Å². The summed E-state index contributed by atoms with van der Waals surface area (Å²) in [5.74, 6) is 0.468. The van der Waals surface area contributed by atoms with Gasteiger partial charge in [0.15, 0.2) is 5.95 Å². The molecule has 0 saturated carbocycles. The number of nitrogens with one attached hydrogen (secondary N) is 1. The van der Waals surface area contributed by atoms with Crippen molar-refractivity contribution in [1.82, 2.24) is 9.97 Å². The number of halogens is 3. The predicted molar refractivity (Wildman–Crippen MR) is 55.6 cm³/mol. The predicted octanol–water partition coefficient (Wildman–Crippen LogP) is -1.22. The highest BCUT2D eigenvalue weighted by atomic mass is 35.5. The zero-order valence-electron chi connectivity index (χ0n) is 5.90. The van der Waals surface area contributed by atoms with E-state index in [2.05, 4.69) is 9.97 Å². The van der Waals surface area contributed by atoms with Gasteiger partial charge in [-0.2, -0.15) is 0 Å². The first-order valence-electron chi connectivity index (χ1n) is 1.64. The Morgan fingerprint density at radius 2 is 1.50 bits per heavy atom. The van der Waals surface area contributed by atoms with E-state index in [4.69, 9.17) is 5.73 Å². The number of imidazole rings is 1. The third kappa shape index (κ3) is 16.4. The number of rotatable bonds is 0. The average molecular weight is 247 g/mol. The summed E-state index contributed by atoms with van der Waals surface area (Å²) >= 11 is 0. The summed E-state index contributed by atoms with van der Waals surface area (Å²) < 4.78 is 0. The second-order valence-corrected chi connectivity index (χ2v) is 0.974. The van der Waals surface area contributed by atoms with Gasteiger partial charge in [-0.15, -0.1) is 37.2 Å². The number of nitrogen functional groups attached to an aromatic ring is 1. The Morgan fingerprint density at radius 1 is 1.08 bits per heavy atom. The Labute approximate surface area is 88.1 Å². The Bertz CT molecular complexity index is 128. The minimum Gasteiger partial charge on any atom is -0.412 e. The summed E-state index contributed by atoms with van der Waals surface area (Å²) in [5.41, 5.74) is 5.11. The van der Waals surface area contributed by atoms with Crippen LogP contribution in [-0.2, 0) is 0 Å². The molecule has 80 valence electrons. The average Bonchev–Trinajstić information content (AvgIpc) is 1.86. The molecule has 1 aromatic rings. The van der Waals surface area contributed by atoms with E-state index in [0.29, 0.717) is 5.95 Å². The van der Waals surface area contributed by atoms with Gasteiger partial charge in [0.25, 0.3) is 0 Å². The fourth-order valence-electron chi connectivity index (χ4n) is 0.277. The van der Waals surface area contributed by atoms with Crippen molar-refractivity contribution in [2.24, 2.45) is 0 Å². The monoisotopic (exact) mass is 245 g/mol. The van der Waals surface area contributed by atoms with Gasteiger partial charge in [0.1, 0.15) is 0 Å². The van der Waals surface area contributed by atoms with E-state index in [1.54, 1.807) is 12.4 Å². The quantitative estimate of drug-likeness (QED) is 0.590. The molecule has 1 heterocycles. The SMILES string of the molecule is Cl.Cl.Cl.Nc1ncc[nH]1.O.O.O. The van der Waals surface area contributed by atoms with E-state index in [1.165, 1.54) is 0 Å². The van der Waals surface area contributed by atoms with Gasteiger partial charge in [-0.1, -0.05) is 0 Å². The highest BCUT2D eigenvalue weighted by Gasteiger charge is 1.74. The van der Waals surface area contributed by atoms with Crippen molar-refractivity contribution in [3.05, 3.63) is 12.4 Å². The van der Waals surface area contributed by atoms with Gasteiger partial charge in [-0.05, 0) is 0 Å². The van der Waals surface area contributed by atoms with Crippen molar-refractivity contribution in [2.75, 3.05) is 5.73 Å². The minimum absolute atomic E-state index is 0. The summed E-state index contributed by atoms with van der Waals surface area (Å²) in [5, 5.41) is 0. The highest BCUT2D eigenvalue weighted by Crippen LogP contribution is 1.81. The van der Waals surface area contributed by atoms with E-state index in [1.807, 2.05) is 0 Å². The number of H-pyrrole nitrogens is 1. The zero-order valence-corrected chi connectivity index (χ0v) is 8.35. The molecule has 0 spiro atoms. The Balaban J connectivity index is -0.0000000150. The third-order valence-corrected chi connectivity index (χ3v) is 0.519. The minimum atomic E-state index is 0. The first-order chi connectivity index (χ1) is 2.89. The molecular weight excluding hydrogens is 232 g/mol. The van der Waals surface area contributed by atoms with Crippen LogP contribution < -0.4 is 5.73 Å². The standard InChI is InChI=1S/C3H5N3.3ClH.3H2O/c4-3-5-1-2-6-3;;;;;;/h1-2H,(H3,4,5,6);3*1H;3*1H2. The van der Waals surface area contributed by atoms with Gasteiger partial charge >= 0.3 is 0 Å². The molecule has 0 aliphatic heterocycles. The van der Waals surface area contributed by atoms with Gasteiger partial charge in [0.05, 0.1) is 0 Å². The summed E-state index contributed by atoms with van der Waals surface area (Å²) in [6.45, 7) is 0. The molecule has 9 heteroatoms. The van der Waals surface area contributed by atoms with Crippen LogP contribution in [0.25, 0.3) is 0 Å². The molecule has 6 nitrogen and oxygen atoms in total. The molecule has 12 heavy (non-hydrogen) atoms.